The number of nitrogens with zero attached hydrogens (tertiary/aromatic N) is 4. The second-order valence-electron chi connectivity index (χ2n) is 5.47. The molecule has 5 heteroatoms. The maximum atomic E-state index is 4.67. The van der Waals surface area contributed by atoms with E-state index in [-0.39, 0.29) is 0 Å². The minimum atomic E-state index is 0.723. The third kappa shape index (κ3) is 3.23. The van der Waals surface area contributed by atoms with Gasteiger partial charge in [-0.25, -0.2) is 4.98 Å². The Balaban J connectivity index is 1.78. The van der Waals surface area contributed by atoms with E-state index < -0.39 is 0 Å². The summed E-state index contributed by atoms with van der Waals surface area (Å²) in [4.78, 5) is 8.81. The molecule has 3 heterocycles. The van der Waals surface area contributed by atoms with Gasteiger partial charge in [-0.1, -0.05) is 6.07 Å². The first kappa shape index (κ1) is 15.2. The number of anilines is 1. The predicted molar refractivity (Wildman–Crippen MR) is 92.2 cm³/mol. The zero-order valence-corrected chi connectivity index (χ0v) is 13.7. The minimum Gasteiger partial charge on any atom is -0.366 e. The smallest absolute Gasteiger partial charge is 0.126 e. The van der Waals surface area contributed by atoms with Crippen molar-refractivity contribution in [2.45, 2.75) is 33.9 Å². The van der Waals surface area contributed by atoms with E-state index in [0.717, 1.165) is 35.9 Å². The summed E-state index contributed by atoms with van der Waals surface area (Å²) in [5.41, 5.74) is 5.45. The summed E-state index contributed by atoms with van der Waals surface area (Å²) >= 11 is 0. The summed E-state index contributed by atoms with van der Waals surface area (Å²) < 4.78 is 2.03. The van der Waals surface area contributed by atoms with Crippen molar-refractivity contribution in [3.8, 4) is 11.3 Å². The lowest BCUT2D eigenvalue weighted by Crippen LogP contribution is -2.04. The van der Waals surface area contributed by atoms with Crippen molar-refractivity contribution in [1.82, 2.24) is 19.7 Å². The van der Waals surface area contributed by atoms with Crippen molar-refractivity contribution in [3.05, 3.63) is 59.7 Å². The van der Waals surface area contributed by atoms with Gasteiger partial charge in [0.15, 0.2) is 0 Å². The standard InChI is InChI=1S/C18H21N5/c1-4-23-14(3)16(13(2)22-23)12-20-18-9-5-8-17(21-18)15-7-6-10-19-11-15/h5-11H,4,12H2,1-3H3,(H,20,21). The fourth-order valence-electron chi connectivity index (χ4n) is 2.68. The Morgan fingerprint density at radius 1 is 1.13 bits per heavy atom. The molecule has 0 aliphatic carbocycles. The van der Waals surface area contributed by atoms with Crippen LogP contribution in [0.1, 0.15) is 23.9 Å². The Labute approximate surface area is 136 Å². The zero-order valence-electron chi connectivity index (χ0n) is 13.7. The molecule has 0 aliphatic heterocycles. The highest BCUT2D eigenvalue weighted by molar-refractivity contribution is 5.60. The van der Waals surface area contributed by atoms with Crippen LogP contribution in [0.4, 0.5) is 5.82 Å². The van der Waals surface area contributed by atoms with Crippen LogP contribution in [0.25, 0.3) is 11.3 Å². The van der Waals surface area contributed by atoms with E-state index in [1.54, 1.807) is 6.20 Å². The fourth-order valence-corrected chi connectivity index (χ4v) is 2.68. The highest BCUT2D eigenvalue weighted by Gasteiger charge is 2.10. The Morgan fingerprint density at radius 3 is 2.70 bits per heavy atom. The first-order valence-electron chi connectivity index (χ1n) is 7.83. The Kier molecular flexibility index (Phi) is 4.37. The average molecular weight is 307 g/mol. The first-order chi connectivity index (χ1) is 11.2. The monoisotopic (exact) mass is 307 g/mol. The van der Waals surface area contributed by atoms with Gasteiger partial charge in [0, 0.05) is 42.3 Å². The number of hydrogen-bond acceptors (Lipinski definition) is 4. The number of aryl methyl sites for hydroxylation is 2. The fraction of sp³-hybridized carbons (Fsp3) is 0.278. The summed E-state index contributed by atoms with van der Waals surface area (Å²) in [5.74, 6) is 0.856. The molecule has 5 nitrogen and oxygen atoms in total. The first-order valence-corrected chi connectivity index (χ1v) is 7.83. The molecule has 0 amide bonds. The molecule has 1 N–H and O–H groups in total. The van der Waals surface area contributed by atoms with E-state index in [9.17, 15) is 0 Å². The molecule has 3 aromatic heterocycles. The van der Waals surface area contributed by atoms with Crippen LogP contribution in [-0.4, -0.2) is 19.7 Å². The normalized spacial score (nSPS) is 10.7. The molecule has 118 valence electrons. The summed E-state index contributed by atoms with van der Waals surface area (Å²) in [7, 11) is 0. The van der Waals surface area contributed by atoms with Gasteiger partial charge in [-0.2, -0.15) is 5.10 Å². The number of rotatable bonds is 5. The molecule has 0 spiro atoms. The molecule has 0 aliphatic rings. The highest BCUT2D eigenvalue weighted by atomic mass is 15.3. The molecule has 0 atom stereocenters. The average Bonchev–Trinajstić information content (AvgIpc) is 2.87. The largest absolute Gasteiger partial charge is 0.366 e. The number of nitrogens with one attached hydrogen (secondary N) is 1. The zero-order chi connectivity index (χ0) is 16.2. The third-order valence-corrected chi connectivity index (χ3v) is 3.98. The third-order valence-electron chi connectivity index (χ3n) is 3.98. The topological polar surface area (TPSA) is 55.6 Å². The van der Waals surface area contributed by atoms with Crippen molar-refractivity contribution in [1.29, 1.82) is 0 Å². The van der Waals surface area contributed by atoms with E-state index in [0.29, 0.717) is 0 Å². The second kappa shape index (κ2) is 6.60. The van der Waals surface area contributed by atoms with Gasteiger partial charge in [0.1, 0.15) is 5.82 Å². The van der Waals surface area contributed by atoms with Gasteiger partial charge in [-0.3, -0.25) is 9.67 Å². The molecule has 0 saturated carbocycles. The summed E-state index contributed by atoms with van der Waals surface area (Å²) in [6.07, 6.45) is 3.59. The van der Waals surface area contributed by atoms with Crippen LogP contribution in [0.3, 0.4) is 0 Å². The molecule has 0 bridgehead atoms. The maximum Gasteiger partial charge on any atom is 0.126 e. The van der Waals surface area contributed by atoms with Gasteiger partial charge >= 0.3 is 0 Å². The molecule has 0 fully saturated rings. The number of pyridine rings is 2. The van der Waals surface area contributed by atoms with Gasteiger partial charge in [-0.15, -0.1) is 0 Å². The molecule has 0 aromatic carbocycles. The summed E-state index contributed by atoms with van der Waals surface area (Å²) in [5, 5.41) is 7.96. The minimum absolute atomic E-state index is 0.723. The molecule has 0 radical (unpaired) electrons. The van der Waals surface area contributed by atoms with E-state index >= 15 is 0 Å². The Bertz CT molecular complexity index is 792. The number of aromatic nitrogens is 4. The maximum absolute atomic E-state index is 4.67. The van der Waals surface area contributed by atoms with Crippen LogP contribution in [0.5, 0.6) is 0 Å². The molecule has 0 saturated heterocycles. The predicted octanol–water partition coefficient (Wildman–Crippen LogP) is 3.59. The Hall–Kier alpha value is -2.69. The van der Waals surface area contributed by atoms with Crippen molar-refractivity contribution in [3.63, 3.8) is 0 Å². The summed E-state index contributed by atoms with van der Waals surface area (Å²) in [6, 6.07) is 9.91. The van der Waals surface area contributed by atoms with Gasteiger partial charge < -0.3 is 5.32 Å². The molecule has 3 rings (SSSR count). The van der Waals surface area contributed by atoms with Gasteiger partial charge in [0.2, 0.25) is 0 Å². The van der Waals surface area contributed by atoms with Crippen molar-refractivity contribution < 1.29 is 0 Å². The van der Waals surface area contributed by atoms with E-state index in [1.165, 1.54) is 11.3 Å². The lowest BCUT2D eigenvalue weighted by molar-refractivity contribution is 0.633. The van der Waals surface area contributed by atoms with Crippen LogP contribution < -0.4 is 5.32 Å². The molecule has 3 aromatic rings. The van der Waals surface area contributed by atoms with Crippen LogP contribution in [0, 0.1) is 13.8 Å². The van der Waals surface area contributed by atoms with Crippen molar-refractivity contribution in [2.75, 3.05) is 5.32 Å². The molecule has 23 heavy (non-hydrogen) atoms. The SMILES string of the molecule is CCn1nc(C)c(CNc2cccc(-c3cccnc3)n2)c1C. The number of hydrogen-bond donors (Lipinski definition) is 1. The van der Waals surface area contributed by atoms with Crippen LogP contribution in [0.2, 0.25) is 0 Å². The van der Waals surface area contributed by atoms with E-state index in [4.69, 9.17) is 0 Å². The van der Waals surface area contributed by atoms with Crippen molar-refractivity contribution in [2.24, 2.45) is 0 Å². The highest BCUT2D eigenvalue weighted by Crippen LogP contribution is 2.19. The molecular formula is C18H21N5. The van der Waals surface area contributed by atoms with Gasteiger partial charge in [-0.05, 0) is 45.0 Å². The molecular weight excluding hydrogens is 286 g/mol. The lowest BCUT2D eigenvalue weighted by Gasteiger charge is -2.08. The lowest BCUT2D eigenvalue weighted by atomic mass is 10.2. The van der Waals surface area contributed by atoms with Gasteiger partial charge in [0.05, 0.1) is 11.4 Å². The van der Waals surface area contributed by atoms with E-state index in [2.05, 4.69) is 41.2 Å². The Morgan fingerprint density at radius 2 is 2.00 bits per heavy atom. The summed E-state index contributed by atoms with van der Waals surface area (Å²) in [6.45, 7) is 7.88. The van der Waals surface area contributed by atoms with Crippen molar-refractivity contribution >= 4 is 5.82 Å². The van der Waals surface area contributed by atoms with Gasteiger partial charge in [0.25, 0.3) is 0 Å². The quantitative estimate of drug-likeness (QED) is 0.782. The van der Waals surface area contributed by atoms with E-state index in [1.807, 2.05) is 41.2 Å². The molecule has 0 unspecified atom stereocenters. The second-order valence-corrected chi connectivity index (χ2v) is 5.47. The van der Waals surface area contributed by atoms with Crippen LogP contribution in [0.15, 0.2) is 42.7 Å². The van der Waals surface area contributed by atoms with Crippen LogP contribution in [-0.2, 0) is 13.1 Å². The van der Waals surface area contributed by atoms with Crippen LogP contribution >= 0.6 is 0 Å².